The Labute approximate surface area is 168 Å². The van der Waals surface area contributed by atoms with E-state index in [1.54, 1.807) is 12.5 Å². The third-order valence-corrected chi connectivity index (χ3v) is 5.19. The van der Waals surface area contributed by atoms with Gasteiger partial charge in [-0.05, 0) is 55.3 Å². The van der Waals surface area contributed by atoms with Gasteiger partial charge in [-0.15, -0.1) is 0 Å². The Kier molecular flexibility index (Phi) is 4.37. The molecule has 0 spiro atoms. The number of ether oxygens (including phenoxy) is 1. The quantitative estimate of drug-likeness (QED) is 0.488. The number of H-pyrrole nitrogens is 1. The number of aryl methyl sites for hydroxylation is 2. The fraction of sp³-hybridized carbons (Fsp3) is 0.227. The van der Waals surface area contributed by atoms with Gasteiger partial charge >= 0.3 is 0 Å². The van der Waals surface area contributed by atoms with Crippen LogP contribution in [-0.2, 0) is 13.0 Å². The molecule has 29 heavy (non-hydrogen) atoms. The first-order valence-electron chi connectivity index (χ1n) is 9.71. The van der Waals surface area contributed by atoms with Gasteiger partial charge in [0.2, 0.25) is 0 Å². The van der Waals surface area contributed by atoms with Gasteiger partial charge < -0.3 is 20.4 Å². The smallest absolute Gasteiger partial charge is 0.145 e. The van der Waals surface area contributed by atoms with Gasteiger partial charge in [0.25, 0.3) is 0 Å². The minimum atomic E-state index is 0.725. The zero-order valence-corrected chi connectivity index (χ0v) is 16.4. The molecule has 1 aliphatic rings. The molecule has 0 atom stereocenters. The van der Waals surface area contributed by atoms with Gasteiger partial charge in [0.15, 0.2) is 0 Å². The van der Waals surface area contributed by atoms with E-state index in [1.165, 1.54) is 11.3 Å². The Hall–Kier alpha value is -3.45. The molecule has 0 aliphatic carbocycles. The van der Waals surface area contributed by atoms with Crippen LogP contribution in [0.3, 0.4) is 0 Å². The Bertz CT molecular complexity index is 1180. The maximum atomic E-state index is 5.97. The molecule has 4 heterocycles. The summed E-state index contributed by atoms with van der Waals surface area (Å²) >= 11 is 0. The van der Waals surface area contributed by atoms with Crippen LogP contribution < -0.4 is 15.4 Å². The number of aromatic nitrogens is 4. The predicted molar refractivity (Wildman–Crippen MR) is 113 cm³/mol. The highest BCUT2D eigenvalue weighted by Crippen LogP contribution is 2.32. The van der Waals surface area contributed by atoms with E-state index in [2.05, 4.69) is 36.6 Å². The lowest BCUT2D eigenvalue weighted by Crippen LogP contribution is -2.23. The van der Waals surface area contributed by atoms with E-state index in [0.29, 0.717) is 0 Å². The van der Waals surface area contributed by atoms with Crippen molar-refractivity contribution in [1.29, 1.82) is 0 Å². The van der Waals surface area contributed by atoms with Crippen molar-refractivity contribution in [3.05, 3.63) is 65.4 Å². The Morgan fingerprint density at radius 1 is 1.07 bits per heavy atom. The highest BCUT2D eigenvalue weighted by atomic mass is 16.5. The standard InChI is InChI=1S/C22H22N6O/c1-13-9-15(4-6-19(13)29-16-5-3-14(2)24-10-16)27-21-20-17-11-23-8-7-18(17)28-22(20)26-12-25-21/h3-6,9-10,12,23H,7-8,11H2,1-2H3,(H2,25,26,27,28). The molecule has 7 heteroatoms. The van der Waals surface area contributed by atoms with Crippen LogP contribution in [0.5, 0.6) is 11.5 Å². The van der Waals surface area contributed by atoms with Crippen molar-refractivity contribution in [1.82, 2.24) is 25.3 Å². The summed E-state index contributed by atoms with van der Waals surface area (Å²) in [5.41, 5.74) is 6.31. The summed E-state index contributed by atoms with van der Waals surface area (Å²) in [7, 11) is 0. The normalized spacial score (nSPS) is 13.3. The minimum Gasteiger partial charge on any atom is -0.455 e. The molecular weight excluding hydrogens is 364 g/mol. The molecule has 3 N–H and O–H groups in total. The molecule has 0 unspecified atom stereocenters. The molecule has 0 fully saturated rings. The summed E-state index contributed by atoms with van der Waals surface area (Å²) in [6.07, 6.45) is 4.31. The molecule has 0 radical (unpaired) electrons. The first-order chi connectivity index (χ1) is 14.2. The van der Waals surface area contributed by atoms with Crippen LogP contribution in [0.1, 0.15) is 22.5 Å². The molecule has 4 aromatic rings. The number of anilines is 2. The fourth-order valence-electron chi connectivity index (χ4n) is 3.69. The van der Waals surface area contributed by atoms with Crippen LogP contribution in [0.4, 0.5) is 11.5 Å². The second kappa shape index (κ2) is 7.18. The van der Waals surface area contributed by atoms with E-state index in [-0.39, 0.29) is 0 Å². The molecule has 1 aromatic carbocycles. The lowest BCUT2D eigenvalue weighted by Gasteiger charge is -2.14. The first kappa shape index (κ1) is 17.6. The molecule has 0 bridgehead atoms. The van der Waals surface area contributed by atoms with E-state index < -0.39 is 0 Å². The van der Waals surface area contributed by atoms with Gasteiger partial charge in [-0.2, -0.15) is 0 Å². The number of nitrogens with one attached hydrogen (secondary N) is 3. The highest BCUT2D eigenvalue weighted by molar-refractivity contribution is 5.93. The van der Waals surface area contributed by atoms with Crippen LogP contribution in [0.25, 0.3) is 11.0 Å². The Morgan fingerprint density at radius 2 is 2.00 bits per heavy atom. The number of benzene rings is 1. The van der Waals surface area contributed by atoms with Crippen molar-refractivity contribution >= 4 is 22.5 Å². The Morgan fingerprint density at radius 3 is 2.83 bits per heavy atom. The number of hydrogen-bond acceptors (Lipinski definition) is 6. The summed E-state index contributed by atoms with van der Waals surface area (Å²) in [6, 6.07) is 9.88. The lowest BCUT2D eigenvalue weighted by molar-refractivity contribution is 0.476. The molecule has 0 saturated carbocycles. The average Bonchev–Trinajstić information content (AvgIpc) is 3.11. The third-order valence-electron chi connectivity index (χ3n) is 5.19. The maximum absolute atomic E-state index is 5.97. The van der Waals surface area contributed by atoms with Gasteiger partial charge in [-0.3, -0.25) is 4.98 Å². The predicted octanol–water partition coefficient (Wildman–Crippen LogP) is 4.15. The Balaban J connectivity index is 1.43. The van der Waals surface area contributed by atoms with Gasteiger partial charge in [0.05, 0.1) is 11.6 Å². The maximum Gasteiger partial charge on any atom is 0.145 e. The van der Waals surface area contributed by atoms with Crippen molar-refractivity contribution in [2.75, 3.05) is 11.9 Å². The van der Waals surface area contributed by atoms with Crippen molar-refractivity contribution in [3.8, 4) is 11.5 Å². The summed E-state index contributed by atoms with van der Waals surface area (Å²) in [6.45, 7) is 5.79. The number of rotatable bonds is 4. The molecular formula is C22H22N6O. The minimum absolute atomic E-state index is 0.725. The van der Waals surface area contributed by atoms with Gasteiger partial charge in [0.1, 0.15) is 29.3 Å². The van der Waals surface area contributed by atoms with Gasteiger partial charge in [0, 0.05) is 36.6 Å². The van der Waals surface area contributed by atoms with Crippen LogP contribution in [0.15, 0.2) is 42.9 Å². The topological polar surface area (TPSA) is 87.8 Å². The number of hydrogen-bond donors (Lipinski definition) is 3. The van der Waals surface area contributed by atoms with Crippen molar-refractivity contribution in [2.24, 2.45) is 0 Å². The number of pyridine rings is 1. The highest BCUT2D eigenvalue weighted by Gasteiger charge is 2.19. The zero-order chi connectivity index (χ0) is 19.8. The zero-order valence-electron chi connectivity index (χ0n) is 16.4. The molecule has 1 aliphatic heterocycles. The van der Waals surface area contributed by atoms with E-state index in [4.69, 9.17) is 4.74 Å². The molecule has 7 nitrogen and oxygen atoms in total. The summed E-state index contributed by atoms with van der Waals surface area (Å²) in [5, 5.41) is 7.94. The third kappa shape index (κ3) is 3.40. The second-order valence-electron chi connectivity index (χ2n) is 7.30. The number of fused-ring (bicyclic) bond motifs is 3. The largest absolute Gasteiger partial charge is 0.455 e. The summed E-state index contributed by atoms with van der Waals surface area (Å²) < 4.78 is 5.97. The van der Waals surface area contributed by atoms with Gasteiger partial charge in [-0.1, -0.05) is 0 Å². The lowest BCUT2D eigenvalue weighted by atomic mass is 10.1. The van der Waals surface area contributed by atoms with Gasteiger partial charge in [-0.25, -0.2) is 9.97 Å². The van der Waals surface area contributed by atoms with E-state index >= 15 is 0 Å². The number of nitrogens with zero attached hydrogens (tertiary/aromatic N) is 3. The molecule has 0 amide bonds. The SMILES string of the molecule is Cc1ccc(Oc2ccc(Nc3ncnc4[nH]c5c(c34)CNCC5)cc2C)cn1. The average molecular weight is 386 g/mol. The van der Waals surface area contributed by atoms with E-state index in [0.717, 1.165) is 64.8 Å². The molecule has 5 rings (SSSR count). The fourth-order valence-corrected chi connectivity index (χ4v) is 3.69. The van der Waals surface area contributed by atoms with E-state index in [9.17, 15) is 0 Å². The van der Waals surface area contributed by atoms with Crippen LogP contribution in [-0.4, -0.2) is 26.5 Å². The molecule has 3 aromatic heterocycles. The molecule has 0 saturated heterocycles. The summed E-state index contributed by atoms with van der Waals surface area (Å²) in [4.78, 5) is 16.6. The monoisotopic (exact) mass is 386 g/mol. The second-order valence-corrected chi connectivity index (χ2v) is 7.30. The van der Waals surface area contributed by atoms with E-state index in [1.807, 2.05) is 38.1 Å². The van der Waals surface area contributed by atoms with Crippen LogP contribution in [0.2, 0.25) is 0 Å². The summed E-state index contributed by atoms with van der Waals surface area (Å²) in [5.74, 6) is 2.34. The van der Waals surface area contributed by atoms with Crippen molar-refractivity contribution < 1.29 is 4.74 Å². The van der Waals surface area contributed by atoms with Crippen molar-refractivity contribution in [3.63, 3.8) is 0 Å². The molecule has 146 valence electrons. The van der Waals surface area contributed by atoms with Crippen LogP contribution >= 0.6 is 0 Å². The number of aromatic amines is 1. The van der Waals surface area contributed by atoms with Crippen molar-refractivity contribution in [2.45, 2.75) is 26.8 Å². The van der Waals surface area contributed by atoms with Crippen LogP contribution in [0, 0.1) is 13.8 Å². The first-order valence-corrected chi connectivity index (χ1v) is 9.71.